The molecule has 0 aliphatic carbocycles. The zero-order chi connectivity index (χ0) is 21.2. The second-order valence-corrected chi connectivity index (χ2v) is 7.27. The lowest BCUT2D eigenvalue weighted by molar-refractivity contribution is -0.155. The van der Waals surface area contributed by atoms with Gasteiger partial charge in [0.15, 0.2) is 0 Å². The highest BCUT2D eigenvalue weighted by Gasteiger charge is 2.52. The Labute approximate surface area is 168 Å². The van der Waals surface area contributed by atoms with E-state index in [0.717, 1.165) is 16.2 Å². The highest BCUT2D eigenvalue weighted by atomic mass is 16.5. The van der Waals surface area contributed by atoms with Crippen LogP contribution in [0.4, 0.5) is 4.79 Å². The molecule has 1 atom stereocenters. The number of carbonyl (C=O) groups is 3. The van der Waals surface area contributed by atoms with Crippen molar-refractivity contribution in [3.63, 3.8) is 0 Å². The molecule has 29 heavy (non-hydrogen) atoms. The molecule has 0 radical (unpaired) electrons. The molecule has 2 aromatic rings. The van der Waals surface area contributed by atoms with Gasteiger partial charge in [-0.05, 0) is 50.2 Å². The molecule has 4 amide bonds. The van der Waals surface area contributed by atoms with Crippen LogP contribution in [-0.4, -0.2) is 70.2 Å². The van der Waals surface area contributed by atoms with Crippen molar-refractivity contribution in [2.45, 2.75) is 25.4 Å². The Kier molecular flexibility index (Phi) is 5.60. The number of carbonyl (C=O) groups excluding carboxylic acids is 3. The van der Waals surface area contributed by atoms with Gasteiger partial charge in [0.25, 0.3) is 5.91 Å². The maximum Gasteiger partial charge on any atom is 0.327 e. The minimum atomic E-state index is -1.03. The third-order valence-electron chi connectivity index (χ3n) is 5.06. The summed E-state index contributed by atoms with van der Waals surface area (Å²) in [6.45, 7) is 2.91. The highest BCUT2D eigenvalue weighted by molar-refractivity contribution is 6.06. The number of likely N-dealkylation sites (N-methyl/N-ethyl adjacent to an activating group) is 1. The lowest BCUT2D eigenvalue weighted by Gasteiger charge is -2.27. The number of rotatable bonds is 8. The minimum Gasteiger partial charge on any atom is -0.491 e. The van der Waals surface area contributed by atoms with Crippen LogP contribution in [0.2, 0.25) is 0 Å². The number of hydrogen-bond acceptors (Lipinski definition) is 6. The maximum atomic E-state index is 12.8. The molecule has 0 bridgehead atoms. The number of hydroxylamine groups is 2. The smallest absolute Gasteiger partial charge is 0.327 e. The zero-order valence-corrected chi connectivity index (χ0v) is 16.4. The van der Waals surface area contributed by atoms with Crippen molar-refractivity contribution in [2.75, 3.05) is 20.2 Å². The van der Waals surface area contributed by atoms with Gasteiger partial charge in [-0.2, -0.15) is 0 Å². The van der Waals surface area contributed by atoms with Gasteiger partial charge in [0.1, 0.15) is 23.7 Å². The van der Waals surface area contributed by atoms with Gasteiger partial charge in [-0.15, -0.1) is 0 Å². The molecule has 0 spiro atoms. The Morgan fingerprint density at radius 2 is 1.93 bits per heavy atom. The number of nitrogens with zero attached hydrogens (tertiary/aromatic N) is 3. The molecule has 1 aromatic carbocycles. The number of imide groups is 1. The molecule has 1 fully saturated rings. The van der Waals surface area contributed by atoms with Crippen molar-refractivity contribution < 1.29 is 28.7 Å². The predicted octanol–water partition coefficient (Wildman–Crippen LogP) is 2.21. The number of furan rings is 1. The largest absolute Gasteiger partial charge is 0.491 e. The highest BCUT2D eigenvalue weighted by Crippen LogP contribution is 2.28. The van der Waals surface area contributed by atoms with Crippen molar-refractivity contribution in [3.05, 3.63) is 42.7 Å². The summed E-state index contributed by atoms with van der Waals surface area (Å²) in [5.74, 6) is 0.800. The average molecular weight is 401 g/mol. The summed E-state index contributed by atoms with van der Waals surface area (Å²) in [5, 5.41) is 10.0. The lowest BCUT2D eigenvalue weighted by Crippen LogP contribution is -2.50. The Bertz CT molecular complexity index is 878. The number of benzene rings is 1. The lowest BCUT2D eigenvalue weighted by atomic mass is 10.0. The fourth-order valence-corrected chi connectivity index (χ4v) is 3.07. The molecular formula is C20H23N3O6. The van der Waals surface area contributed by atoms with Gasteiger partial charge >= 0.3 is 6.03 Å². The third-order valence-corrected chi connectivity index (χ3v) is 5.06. The van der Waals surface area contributed by atoms with Gasteiger partial charge in [-0.1, -0.05) is 0 Å². The van der Waals surface area contributed by atoms with Crippen molar-refractivity contribution in [1.82, 2.24) is 14.9 Å². The van der Waals surface area contributed by atoms with Crippen LogP contribution >= 0.6 is 0 Å². The SMILES string of the molecule is CN1C(=O)N(C(COc2ccc(-c3ccco3)cc2)CN(O)C=O)C(=O)C1(C)C. The van der Waals surface area contributed by atoms with Crippen LogP contribution in [0.5, 0.6) is 5.75 Å². The van der Waals surface area contributed by atoms with Gasteiger partial charge in [-0.25, -0.2) is 9.86 Å². The standard InChI is InChI=1S/C20H23N3O6/c1-20(2)18(25)23(19(26)21(20)3)15(11-22(27)13-24)12-29-16-8-6-14(7-9-16)17-5-4-10-28-17/h4-10,13,15,27H,11-12H2,1-3H3. The average Bonchev–Trinajstić information content (AvgIpc) is 3.30. The van der Waals surface area contributed by atoms with E-state index < -0.39 is 23.5 Å². The van der Waals surface area contributed by atoms with Crippen LogP contribution in [0.25, 0.3) is 11.3 Å². The van der Waals surface area contributed by atoms with Crippen LogP contribution in [0.15, 0.2) is 47.1 Å². The summed E-state index contributed by atoms with van der Waals surface area (Å²) in [6.07, 6.45) is 1.80. The van der Waals surface area contributed by atoms with Crippen molar-refractivity contribution >= 4 is 18.3 Å². The monoisotopic (exact) mass is 401 g/mol. The second-order valence-electron chi connectivity index (χ2n) is 7.27. The first kappa shape index (κ1) is 20.4. The molecule has 3 rings (SSSR count). The van der Waals surface area contributed by atoms with Crippen LogP contribution in [0, 0.1) is 0 Å². The van der Waals surface area contributed by atoms with Crippen molar-refractivity contribution in [2.24, 2.45) is 0 Å². The summed E-state index contributed by atoms with van der Waals surface area (Å²) in [4.78, 5) is 38.6. The molecule has 1 aliphatic heterocycles. The summed E-state index contributed by atoms with van der Waals surface area (Å²) in [6, 6.07) is 9.35. The van der Waals surface area contributed by atoms with Crippen LogP contribution in [0.3, 0.4) is 0 Å². The maximum absolute atomic E-state index is 12.8. The van der Waals surface area contributed by atoms with Crippen molar-refractivity contribution in [3.8, 4) is 17.1 Å². The molecule has 1 N–H and O–H groups in total. The molecule has 9 heteroatoms. The molecule has 1 aromatic heterocycles. The van der Waals surface area contributed by atoms with Gasteiger partial charge < -0.3 is 14.1 Å². The molecule has 0 saturated carbocycles. The fourth-order valence-electron chi connectivity index (χ4n) is 3.07. The van der Waals surface area contributed by atoms with E-state index >= 15 is 0 Å². The Hall–Kier alpha value is -3.33. The van der Waals surface area contributed by atoms with E-state index in [-0.39, 0.29) is 19.6 Å². The van der Waals surface area contributed by atoms with Crippen LogP contribution < -0.4 is 4.74 Å². The van der Waals surface area contributed by atoms with E-state index in [1.54, 1.807) is 38.3 Å². The first-order chi connectivity index (χ1) is 13.8. The van der Waals surface area contributed by atoms with Crippen molar-refractivity contribution in [1.29, 1.82) is 0 Å². The fraction of sp³-hybridized carbons (Fsp3) is 0.350. The van der Waals surface area contributed by atoms with E-state index in [2.05, 4.69) is 0 Å². The first-order valence-electron chi connectivity index (χ1n) is 9.04. The predicted molar refractivity (Wildman–Crippen MR) is 102 cm³/mol. The Morgan fingerprint density at radius 3 is 2.45 bits per heavy atom. The summed E-state index contributed by atoms with van der Waals surface area (Å²) >= 11 is 0. The van der Waals surface area contributed by atoms with Gasteiger partial charge in [0.05, 0.1) is 18.8 Å². The van der Waals surface area contributed by atoms with E-state index in [4.69, 9.17) is 9.15 Å². The number of amides is 4. The van der Waals surface area contributed by atoms with Crippen LogP contribution in [0.1, 0.15) is 13.8 Å². The third kappa shape index (κ3) is 3.95. The molecule has 1 unspecified atom stereocenters. The van der Waals surface area contributed by atoms with Gasteiger partial charge in [0, 0.05) is 12.6 Å². The first-order valence-corrected chi connectivity index (χ1v) is 9.04. The normalized spacial score (nSPS) is 16.8. The van der Waals surface area contributed by atoms with E-state index in [1.165, 1.54) is 11.9 Å². The molecule has 9 nitrogen and oxygen atoms in total. The zero-order valence-electron chi connectivity index (χ0n) is 16.4. The molecular weight excluding hydrogens is 378 g/mol. The number of hydrogen-bond donors (Lipinski definition) is 1. The minimum absolute atomic E-state index is 0.0909. The topological polar surface area (TPSA) is 104 Å². The molecule has 1 aliphatic rings. The quantitative estimate of drug-likeness (QED) is 0.315. The van der Waals surface area contributed by atoms with Gasteiger partial charge in [0.2, 0.25) is 6.41 Å². The Morgan fingerprint density at radius 1 is 1.24 bits per heavy atom. The Balaban J connectivity index is 1.75. The summed E-state index contributed by atoms with van der Waals surface area (Å²) < 4.78 is 11.1. The molecule has 154 valence electrons. The van der Waals surface area contributed by atoms with E-state index in [1.807, 2.05) is 18.2 Å². The van der Waals surface area contributed by atoms with E-state index in [0.29, 0.717) is 10.8 Å². The molecule has 1 saturated heterocycles. The summed E-state index contributed by atoms with van der Waals surface area (Å²) in [7, 11) is 1.53. The molecule has 2 heterocycles. The summed E-state index contributed by atoms with van der Waals surface area (Å²) in [5.41, 5.74) is -0.156. The second kappa shape index (κ2) is 7.96. The van der Waals surface area contributed by atoms with E-state index in [9.17, 15) is 19.6 Å². The van der Waals surface area contributed by atoms with Gasteiger partial charge in [-0.3, -0.25) is 19.7 Å². The number of urea groups is 1. The number of ether oxygens (including phenoxy) is 1. The van der Waals surface area contributed by atoms with Crippen LogP contribution in [-0.2, 0) is 9.59 Å².